The lowest BCUT2D eigenvalue weighted by atomic mass is 10.2. The molecule has 6 heteroatoms. The van der Waals surface area contributed by atoms with Crippen molar-refractivity contribution in [3.8, 4) is 0 Å². The molecule has 0 bridgehead atoms. The van der Waals surface area contributed by atoms with Gasteiger partial charge in [0.05, 0.1) is 10.6 Å². The van der Waals surface area contributed by atoms with Crippen molar-refractivity contribution in [1.29, 1.82) is 0 Å². The number of anilines is 1. The number of sulfone groups is 1. The number of para-hydroxylation sites is 1. The van der Waals surface area contributed by atoms with Gasteiger partial charge in [-0.2, -0.15) is 0 Å². The number of aryl methyl sites for hydroxylation is 1. The zero-order chi connectivity index (χ0) is 19.3. The molecule has 1 amide bonds. The number of carbonyl (C=O) groups is 1. The van der Waals surface area contributed by atoms with Gasteiger partial charge in [-0.15, -0.1) is 0 Å². The van der Waals surface area contributed by atoms with Crippen molar-refractivity contribution in [1.82, 2.24) is 4.90 Å². The lowest BCUT2D eigenvalue weighted by Crippen LogP contribution is -2.48. The van der Waals surface area contributed by atoms with E-state index in [1.165, 1.54) is 5.69 Å². The molecule has 1 fully saturated rings. The summed E-state index contributed by atoms with van der Waals surface area (Å²) < 4.78 is 24.7. The summed E-state index contributed by atoms with van der Waals surface area (Å²) in [6, 6.07) is 17.0. The van der Waals surface area contributed by atoms with Crippen LogP contribution >= 0.6 is 0 Å². The van der Waals surface area contributed by atoms with E-state index in [4.69, 9.17) is 0 Å². The summed E-state index contributed by atoms with van der Waals surface area (Å²) in [6.07, 6.45) is 0.629. The third-order valence-electron chi connectivity index (χ3n) is 4.94. The Balaban J connectivity index is 1.45. The first-order valence-electron chi connectivity index (χ1n) is 9.33. The van der Waals surface area contributed by atoms with Gasteiger partial charge in [0.25, 0.3) is 0 Å². The number of hydrogen-bond donors (Lipinski definition) is 0. The van der Waals surface area contributed by atoms with E-state index in [-0.39, 0.29) is 18.1 Å². The summed E-state index contributed by atoms with van der Waals surface area (Å²) in [5.74, 6) is 0.0491. The normalized spacial score (nSPS) is 15.0. The molecule has 2 aromatic rings. The van der Waals surface area contributed by atoms with Crippen LogP contribution in [0.3, 0.4) is 0 Å². The molecule has 1 saturated heterocycles. The van der Waals surface area contributed by atoms with Gasteiger partial charge in [0.1, 0.15) is 0 Å². The molecule has 0 radical (unpaired) electrons. The van der Waals surface area contributed by atoms with Crippen LogP contribution in [-0.2, 0) is 14.6 Å². The van der Waals surface area contributed by atoms with Gasteiger partial charge in [0.15, 0.2) is 9.84 Å². The molecule has 144 valence electrons. The highest BCUT2D eigenvalue weighted by Gasteiger charge is 2.22. The van der Waals surface area contributed by atoms with Crippen LogP contribution in [0.1, 0.15) is 18.4 Å². The molecular formula is C21H26N2O3S. The molecule has 2 aromatic carbocycles. The van der Waals surface area contributed by atoms with Gasteiger partial charge in [0, 0.05) is 38.3 Å². The molecule has 0 aromatic heterocycles. The summed E-state index contributed by atoms with van der Waals surface area (Å²) in [5.41, 5.74) is 2.20. The predicted molar refractivity (Wildman–Crippen MR) is 108 cm³/mol. The van der Waals surface area contributed by atoms with Crippen molar-refractivity contribution >= 4 is 21.4 Å². The quantitative estimate of drug-likeness (QED) is 0.766. The second kappa shape index (κ2) is 8.57. The van der Waals surface area contributed by atoms with Crippen LogP contribution in [-0.4, -0.2) is 51.2 Å². The fourth-order valence-electron chi connectivity index (χ4n) is 3.29. The van der Waals surface area contributed by atoms with Crippen LogP contribution in [0.5, 0.6) is 0 Å². The molecule has 1 aliphatic heterocycles. The summed E-state index contributed by atoms with van der Waals surface area (Å²) in [5, 5.41) is 0. The van der Waals surface area contributed by atoms with E-state index >= 15 is 0 Å². The van der Waals surface area contributed by atoms with E-state index in [9.17, 15) is 13.2 Å². The van der Waals surface area contributed by atoms with Crippen molar-refractivity contribution in [2.24, 2.45) is 0 Å². The van der Waals surface area contributed by atoms with Crippen molar-refractivity contribution in [2.45, 2.75) is 24.7 Å². The van der Waals surface area contributed by atoms with Crippen molar-refractivity contribution in [3.05, 3.63) is 60.2 Å². The Morgan fingerprint density at radius 1 is 0.926 bits per heavy atom. The number of nitrogens with zero attached hydrogens (tertiary/aromatic N) is 2. The highest BCUT2D eigenvalue weighted by Crippen LogP contribution is 2.17. The molecule has 1 heterocycles. The van der Waals surface area contributed by atoms with E-state index in [0.717, 1.165) is 18.7 Å². The van der Waals surface area contributed by atoms with Crippen molar-refractivity contribution < 1.29 is 13.2 Å². The molecule has 0 aliphatic carbocycles. The Bertz CT molecular complexity index is 856. The number of rotatable bonds is 6. The summed E-state index contributed by atoms with van der Waals surface area (Å²) in [4.78, 5) is 16.9. The van der Waals surface area contributed by atoms with Crippen LogP contribution in [0.25, 0.3) is 0 Å². The zero-order valence-electron chi connectivity index (χ0n) is 15.7. The molecule has 1 aliphatic rings. The molecule has 0 spiro atoms. The van der Waals surface area contributed by atoms with E-state index in [2.05, 4.69) is 17.0 Å². The van der Waals surface area contributed by atoms with Gasteiger partial charge in [-0.1, -0.05) is 35.9 Å². The summed E-state index contributed by atoms with van der Waals surface area (Å²) in [7, 11) is -3.33. The second-order valence-electron chi connectivity index (χ2n) is 6.94. The van der Waals surface area contributed by atoms with Crippen LogP contribution in [0.15, 0.2) is 59.5 Å². The smallest absolute Gasteiger partial charge is 0.222 e. The maximum Gasteiger partial charge on any atom is 0.222 e. The standard InChI is InChI=1S/C21H26N2O3S/c1-18-9-11-20(12-10-18)27(25,26)17-5-8-21(24)23-15-13-22(14-16-23)19-6-3-2-4-7-19/h2-4,6-7,9-12H,5,8,13-17H2,1H3. The van der Waals surface area contributed by atoms with Crippen LogP contribution in [0.2, 0.25) is 0 Å². The molecule has 27 heavy (non-hydrogen) atoms. The fraction of sp³-hybridized carbons (Fsp3) is 0.381. The monoisotopic (exact) mass is 386 g/mol. The first-order chi connectivity index (χ1) is 13.0. The Morgan fingerprint density at radius 3 is 2.19 bits per heavy atom. The molecule has 0 atom stereocenters. The number of carbonyl (C=O) groups excluding carboxylic acids is 1. The van der Waals surface area contributed by atoms with E-state index in [0.29, 0.717) is 24.4 Å². The third-order valence-corrected chi connectivity index (χ3v) is 6.75. The third kappa shape index (κ3) is 5.10. The second-order valence-corrected chi connectivity index (χ2v) is 9.05. The Labute approximate surface area is 161 Å². The SMILES string of the molecule is Cc1ccc(S(=O)(=O)CCCC(=O)N2CCN(c3ccccc3)CC2)cc1. The Morgan fingerprint density at radius 2 is 1.56 bits per heavy atom. The van der Waals surface area contributed by atoms with Gasteiger partial charge in [-0.3, -0.25) is 4.79 Å². The molecular weight excluding hydrogens is 360 g/mol. The summed E-state index contributed by atoms with van der Waals surface area (Å²) in [6.45, 7) is 4.89. The fourth-order valence-corrected chi connectivity index (χ4v) is 4.60. The maximum absolute atomic E-state index is 12.4. The van der Waals surface area contributed by atoms with Gasteiger partial charge in [-0.05, 0) is 37.6 Å². The first-order valence-corrected chi connectivity index (χ1v) is 11.0. The Kier molecular flexibility index (Phi) is 6.16. The molecule has 3 rings (SSSR count). The van der Waals surface area contributed by atoms with Gasteiger partial charge < -0.3 is 9.80 Å². The van der Waals surface area contributed by atoms with Crippen molar-refractivity contribution in [2.75, 3.05) is 36.8 Å². The van der Waals surface area contributed by atoms with Gasteiger partial charge >= 0.3 is 0 Å². The maximum atomic E-state index is 12.4. The highest BCUT2D eigenvalue weighted by molar-refractivity contribution is 7.91. The van der Waals surface area contributed by atoms with Gasteiger partial charge in [0.2, 0.25) is 5.91 Å². The molecule has 5 nitrogen and oxygen atoms in total. The minimum absolute atomic E-state index is 0.00574. The minimum Gasteiger partial charge on any atom is -0.368 e. The summed E-state index contributed by atoms with van der Waals surface area (Å²) >= 11 is 0. The highest BCUT2D eigenvalue weighted by atomic mass is 32.2. The largest absolute Gasteiger partial charge is 0.368 e. The predicted octanol–water partition coefficient (Wildman–Crippen LogP) is 2.90. The average molecular weight is 387 g/mol. The minimum atomic E-state index is -3.33. The Hall–Kier alpha value is -2.34. The number of benzene rings is 2. The molecule has 0 unspecified atom stereocenters. The van der Waals surface area contributed by atoms with Crippen molar-refractivity contribution in [3.63, 3.8) is 0 Å². The number of piperazine rings is 1. The average Bonchev–Trinajstić information content (AvgIpc) is 2.69. The van der Waals surface area contributed by atoms with E-state index in [1.807, 2.05) is 30.0 Å². The van der Waals surface area contributed by atoms with Crippen LogP contribution in [0.4, 0.5) is 5.69 Å². The van der Waals surface area contributed by atoms with Crippen LogP contribution < -0.4 is 4.90 Å². The van der Waals surface area contributed by atoms with E-state index in [1.54, 1.807) is 24.3 Å². The lowest BCUT2D eigenvalue weighted by Gasteiger charge is -2.36. The van der Waals surface area contributed by atoms with E-state index < -0.39 is 9.84 Å². The number of hydrogen-bond acceptors (Lipinski definition) is 4. The lowest BCUT2D eigenvalue weighted by molar-refractivity contribution is -0.131. The van der Waals surface area contributed by atoms with Crippen LogP contribution in [0, 0.1) is 6.92 Å². The zero-order valence-corrected chi connectivity index (χ0v) is 16.5. The number of amides is 1. The molecule has 0 saturated carbocycles. The molecule has 0 N–H and O–H groups in total. The first kappa shape index (κ1) is 19.4. The van der Waals surface area contributed by atoms with Gasteiger partial charge in [-0.25, -0.2) is 8.42 Å². The topological polar surface area (TPSA) is 57.7 Å².